The fourth-order valence-electron chi connectivity index (χ4n) is 2.59. The number of rotatable bonds is 8. The van der Waals surface area contributed by atoms with Crippen LogP contribution in [0.4, 0.5) is 0 Å². The molecule has 0 saturated heterocycles. The molecule has 0 fully saturated rings. The summed E-state index contributed by atoms with van der Waals surface area (Å²) in [7, 11) is 1.64. The first-order chi connectivity index (χ1) is 12.0. The second-order valence-corrected chi connectivity index (χ2v) is 6.14. The van der Waals surface area contributed by atoms with E-state index in [1.54, 1.807) is 19.2 Å². The van der Waals surface area contributed by atoms with Gasteiger partial charge in [-0.25, -0.2) is 4.79 Å². The summed E-state index contributed by atoms with van der Waals surface area (Å²) in [5.74, 6) is 0.0236. The molecule has 0 radical (unpaired) electrons. The molecular formula is C20H23NO4. The molecule has 0 bridgehead atoms. The lowest BCUT2D eigenvalue weighted by Crippen LogP contribution is -2.30. The van der Waals surface area contributed by atoms with E-state index < -0.39 is 5.97 Å². The number of carbonyl (C=O) groups is 2. The highest BCUT2D eigenvalue weighted by Gasteiger charge is 2.09. The Morgan fingerprint density at radius 3 is 2.48 bits per heavy atom. The Kier molecular flexibility index (Phi) is 6.57. The fraction of sp³-hybridized carbons (Fsp3) is 0.300. The van der Waals surface area contributed by atoms with E-state index in [9.17, 15) is 9.59 Å². The van der Waals surface area contributed by atoms with E-state index >= 15 is 0 Å². The fourth-order valence-corrected chi connectivity index (χ4v) is 2.59. The number of ether oxygens (including phenoxy) is 1. The molecule has 0 spiro atoms. The van der Waals surface area contributed by atoms with Crippen LogP contribution in [0, 0.1) is 5.92 Å². The number of nitrogens with one attached hydrogen (secondary N) is 1. The number of methoxy groups -OCH3 is 1. The van der Waals surface area contributed by atoms with Crippen LogP contribution >= 0.6 is 0 Å². The average Bonchev–Trinajstić information content (AvgIpc) is 2.61. The van der Waals surface area contributed by atoms with Gasteiger partial charge in [0.15, 0.2) is 0 Å². The van der Waals surface area contributed by atoms with Crippen LogP contribution in [-0.4, -0.2) is 30.6 Å². The average molecular weight is 341 g/mol. The minimum absolute atomic E-state index is 0.107. The van der Waals surface area contributed by atoms with Gasteiger partial charge in [-0.1, -0.05) is 31.2 Å². The van der Waals surface area contributed by atoms with Gasteiger partial charge in [-0.05, 0) is 47.7 Å². The Morgan fingerprint density at radius 2 is 1.84 bits per heavy atom. The Bertz CT molecular complexity index is 725. The highest BCUT2D eigenvalue weighted by Crippen LogP contribution is 2.14. The van der Waals surface area contributed by atoms with Gasteiger partial charge >= 0.3 is 5.97 Å². The van der Waals surface area contributed by atoms with Crippen molar-refractivity contribution in [2.45, 2.75) is 19.8 Å². The van der Waals surface area contributed by atoms with Gasteiger partial charge in [-0.2, -0.15) is 0 Å². The van der Waals surface area contributed by atoms with Gasteiger partial charge in [-0.15, -0.1) is 0 Å². The zero-order valence-electron chi connectivity index (χ0n) is 14.5. The molecule has 0 saturated carbocycles. The van der Waals surface area contributed by atoms with Crippen molar-refractivity contribution in [1.82, 2.24) is 5.32 Å². The van der Waals surface area contributed by atoms with Crippen LogP contribution in [0.5, 0.6) is 5.75 Å². The minimum atomic E-state index is -0.990. The van der Waals surface area contributed by atoms with Crippen LogP contribution in [0.25, 0.3) is 0 Å². The zero-order chi connectivity index (χ0) is 18.2. The van der Waals surface area contributed by atoms with Crippen LogP contribution in [0.2, 0.25) is 0 Å². The van der Waals surface area contributed by atoms with Gasteiger partial charge < -0.3 is 15.2 Å². The summed E-state index contributed by atoms with van der Waals surface area (Å²) >= 11 is 0. The summed E-state index contributed by atoms with van der Waals surface area (Å²) in [6.07, 6.45) is 1.04. The van der Waals surface area contributed by atoms with E-state index in [2.05, 4.69) is 12.2 Å². The summed E-state index contributed by atoms with van der Waals surface area (Å²) in [5, 5.41) is 11.9. The SMILES string of the molecule is COc1ccc(CC(C)CNC(=O)Cc2cccc(C(=O)O)c2)cc1. The third kappa shape index (κ3) is 5.95. The normalized spacial score (nSPS) is 11.6. The third-order valence-electron chi connectivity index (χ3n) is 3.93. The zero-order valence-corrected chi connectivity index (χ0v) is 14.5. The van der Waals surface area contributed by atoms with E-state index in [-0.39, 0.29) is 17.9 Å². The lowest BCUT2D eigenvalue weighted by atomic mass is 10.0. The van der Waals surface area contributed by atoms with Crippen LogP contribution < -0.4 is 10.1 Å². The molecule has 1 amide bonds. The lowest BCUT2D eigenvalue weighted by Gasteiger charge is -2.13. The van der Waals surface area contributed by atoms with Crippen molar-refractivity contribution >= 4 is 11.9 Å². The van der Waals surface area contributed by atoms with Crippen molar-refractivity contribution in [3.05, 3.63) is 65.2 Å². The standard InChI is InChI=1S/C20H23NO4/c1-14(10-15-6-8-18(25-2)9-7-15)13-21-19(22)12-16-4-3-5-17(11-16)20(23)24/h3-9,11,14H,10,12-13H2,1-2H3,(H,21,22)(H,23,24). The molecule has 2 rings (SSSR count). The van der Waals surface area contributed by atoms with Crippen molar-refractivity contribution < 1.29 is 19.4 Å². The van der Waals surface area contributed by atoms with E-state index in [0.717, 1.165) is 12.2 Å². The Hall–Kier alpha value is -2.82. The molecule has 0 heterocycles. The van der Waals surface area contributed by atoms with Crippen LogP contribution in [0.3, 0.4) is 0 Å². The molecule has 132 valence electrons. The number of carboxylic acid groups (broad SMARTS) is 1. The van der Waals surface area contributed by atoms with Gasteiger partial charge in [-0.3, -0.25) is 4.79 Å². The Balaban J connectivity index is 1.80. The molecule has 2 aromatic carbocycles. The summed E-state index contributed by atoms with van der Waals surface area (Å²) in [5.41, 5.74) is 2.08. The number of benzene rings is 2. The van der Waals surface area contributed by atoms with Crippen molar-refractivity contribution in [2.75, 3.05) is 13.7 Å². The maximum Gasteiger partial charge on any atom is 0.335 e. The number of hydrogen-bond acceptors (Lipinski definition) is 3. The molecule has 2 aromatic rings. The van der Waals surface area contributed by atoms with Crippen molar-refractivity contribution in [3.63, 3.8) is 0 Å². The Morgan fingerprint density at radius 1 is 1.12 bits per heavy atom. The number of aromatic carboxylic acids is 1. The second kappa shape index (κ2) is 8.87. The maximum absolute atomic E-state index is 12.1. The summed E-state index contributed by atoms with van der Waals surface area (Å²) in [6, 6.07) is 14.4. The smallest absolute Gasteiger partial charge is 0.335 e. The number of hydrogen-bond donors (Lipinski definition) is 2. The van der Waals surface area contributed by atoms with E-state index in [1.165, 1.54) is 17.7 Å². The topological polar surface area (TPSA) is 75.6 Å². The molecular weight excluding hydrogens is 318 g/mol. The maximum atomic E-state index is 12.1. The van der Waals surface area contributed by atoms with Gasteiger partial charge in [0, 0.05) is 6.54 Å². The van der Waals surface area contributed by atoms with Crippen molar-refractivity contribution in [3.8, 4) is 5.75 Å². The Labute approximate surface area is 147 Å². The van der Waals surface area contributed by atoms with E-state index in [4.69, 9.17) is 9.84 Å². The predicted molar refractivity (Wildman–Crippen MR) is 96.0 cm³/mol. The molecule has 1 unspecified atom stereocenters. The first-order valence-electron chi connectivity index (χ1n) is 8.20. The van der Waals surface area contributed by atoms with Gasteiger partial charge in [0.2, 0.25) is 5.91 Å². The van der Waals surface area contributed by atoms with Gasteiger partial charge in [0.05, 0.1) is 19.1 Å². The van der Waals surface area contributed by atoms with Crippen molar-refractivity contribution in [1.29, 1.82) is 0 Å². The van der Waals surface area contributed by atoms with Crippen LogP contribution in [-0.2, 0) is 17.6 Å². The molecule has 0 aromatic heterocycles. The minimum Gasteiger partial charge on any atom is -0.497 e. The summed E-state index contributed by atoms with van der Waals surface area (Å²) < 4.78 is 5.14. The third-order valence-corrected chi connectivity index (χ3v) is 3.93. The number of amides is 1. The molecule has 25 heavy (non-hydrogen) atoms. The van der Waals surface area contributed by atoms with Crippen LogP contribution in [0.1, 0.15) is 28.4 Å². The second-order valence-electron chi connectivity index (χ2n) is 6.14. The van der Waals surface area contributed by atoms with Crippen LogP contribution in [0.15, 0.2) is 48.5 Å². The molecule has 0 aliphatic carbocycles. The summed E-state index contributed by atoms with van der Waals surface area (Å²) in [6.45, 7) is 2.65. The largest absolute Gasteiger partial charge is 0.497 e. The molecule has 2 N–H and O–H groups in total. The van der Waals surface area contributed by atoms with E-state index in [0.29, 0.717) is 18.0 Å². The van der Waals surface area contributed by atoms with Gasteiger partial charge in [0.25, 0.3) is 0 Å². The highest BCUT2D eigenvalue weighted by molar-refractivity contribution is 5.88. The summed E-state index contributed by atoms with van der Waals surface area (Å²) in [4.78, 5) is 23.0. The first-order valence-corrected chi connectivity index (χ1v) is 8.20. The molecule has 5 nitrogen and oxygen atoms in total. The number of carbonyl (C=O) groups excluding carboxylic acids is 1. The molecule has 0 aliphatic heterocycles. The number of carboxylic acids is 1. The van der Waals surface area contributed by atoms with Crippen molar-refractivity contribution in [2.24, 2.45) is 5.92 Å². The lowest BCUT2D eigenvalue weighted by molar-refractivity contribution is -0.120. The van der Waals surface area contributed by atoms with Gasteiger partial charge in [0.1, 0.15) is 5.75 Å². The molecule has 1 atom stereocenters. The van der Waals surface area contributed by atoms with E-state index in [1.807, 2.05) is 24.3 Å². The monoisotopic (exact) mass is 341 g/mol. The highest BCUT2D eigenvalue weighted by atomic mass is 16.5. The molecule has 5 heteroatoms. The first kappa shape index (κ1) is 18.5. The quantitative estimate of drug-likeness (QED) is 0.774. The molecule has 0 aliphatic rings. The predicted octanol–water partition coefficient (Wildman–Crippen LogP) is 2.93.